The third-order valence-corrected chi connectivity index (χ3v) is 6.75. The Morgan fingerprint density at radius 2 is 1.75 bits per heavy atom. The Morgan fingerprint density at radius 3 is 2.41 bits per heavy atom. The monoisotopic (exact) mass is 458 g/mol. The smallest absolute Gasteiger partial charge is 0.545 e. The SMILES string of the molecule is Cc1cc(C(=O)C(CC2CCCC2)=C(C(=O)[O-])c2ccc3nsnc3c2)cc(O)c1C.[Na+]. The number of aromatic hydroxyl groups is 1. The fraction of sp³-hybridized carbons (Fsp3) is 0.333. The second kappa shape index (κ2) is 10.3. The first-order valence-corrected chi connectivity index (χ1v) is 11.1. The number of phenols is 1. The topological polar surface area (TPSA) is 103 Å². The first-order valence-electron chi connectivity index (χ1n) is 10.4. The minimum absolute atomic E-state index is 0. The molecule has 6 nitrogen and oxygen atoms in total. The number of fused-ring (bicyclic) bond motifs is 1. The number of hydrogen-bond acceptors (Lipinski definition) is 7. The molecule has 1 aliphatic rings. The molecule has 1 heterocycles. The summed E-state index contributed by atoms with van der Waals surface area (Å²) < 4.78 is 8.36. The predicted molar refractivity (Wildman–Crippen MR) is 118 cm³/mol. The summed E-state index contributed by atoms with van der Waals surface area (Å²) in [5, 5.41) is 22.6. The van der Waals surface area contributed by atoms with Crippen molar-refractivity contribution in [3.05, 3.63) is 58.2 Å². The number of phenolic OH excluding ortho intramolecular Hbond substituents is 1. The van der Waals surface area contributed by atoms with Crippen molar-refractivity contribution < 1.29 is 49.4 Å². The number of hydrogen-bond donors (Lipinski definition) is 1. The number of carboxylic acid groups (broad SMARTS) is 1. The van der Waals surface area contributed by atoms with Gasteiger partial charge in [-0.1, -0.05) is 31.7 Å². The zero-order chi connectivity index (χ0) is 22.1. The van der Waals surface area contributed by atoms with Gasteiger partial charge in [0.15, 0.2) is 5.78 Å². The Kier molecular flexibility index (Phi) is 7.88. The van der Waals surface area contributed by atoms with Crippen LogP contribution in [0, 0.1) is 19.8 Å². The van der Waals surface area contributed by atoms with E-state index in [-0.39, 0.29) is 63.7 Å². The molecule has 0 atom stereocenters. The summed E-state index contributed by atoms with van der Waals surface area (Å²) in [6, 6.07) is 8.11. The van der Waals surface area contributed by atoms with E-state index < -0.39 is 5.97 Å². The second-order valence-electron chi connectivity index (χ2n) is 8.23. The van der Waals surface area contributed by atoms with Crippen LogP contribution in [0.3, 0.4) is 0 Å². The maximum absolute atomic E-state index is 13.6. The van der Waals surface area contributed by atoms with Gasteiger partial charge in [-0.05, 0) is 67.1 Å². The van der Waals surface area contributed by atoms with Gasteiger partial charge in [0.1, 0.15) is 16.8 Å². The summed E-state index contributed by atoms with van der Waals surface area (Å²) in [7, 11) is 0. The third-order valence-electron chi connectivity index (χ3n) is 6.19. The van der Waals surface area contributed by atoms with Crippen molar-refractivity contribution in [1.82, 2.24) is 8.75 Å². The van der Waals surface area contributed by atoms with Crippen LogP contribution in [-0.2, 0) is 4.79 Å². The van der Waals surface area contributed by atoms with Crippen LogP contribution in [-0.4, -0.2) is 25.6 Å². The Morgan fingerprint density at radius 1 is 1.06 bits per heavy atom. The van der Waals surface area contributed by atoms with Crippen LogP contribution in [0.15, 0.2) is 35.9 Å². The van der Waals surface area contributed by atoms with Crippen LogP contribution >= 0.6 is 11.7 Å². The molecule has 1 aliphatic carbocycles. The molecule has 1 N–H and O–H groups in total. The van der Waals surface area contributed by atoms with Crippen molar-refractivity contribution in [2.75, 3.05) is 0 Å². The quantitative estimate of drug-likeness (QED) is 0.336. The van der Waals surface area contributed by atoms with Gasteiger partial charge in [0.2, 0.25) is 0 Å². The van der Waals surface area contributed by atoms with Crippen LogP contribution < -0.4 is 34.7 Å². The number of rotatable bonds is 6. The van der Waals surface area contributed by atoms with Crippen molar-refractivity contribution in [2.45, 2.75) is 46.0 Å². The fourth-order valence-corrected chi connectivity index (χ4v) is 4.83. The normalized spacial score (nSPS) is 14.8. The molecule has 0 unspecified atom stereocenters. The number of carbonyl (C=O) groups excluding carboxylic acids is 2. The molecule has 160 valence electrons. The summed E-state index contributed by atoms with van der Waals surface area (Å²) in [5.41, 5.74) is 3.50. The molecule has 0 saturated heterocycles. The first kappa shape index (κ1) is 24.6. The summed E-state index contributed by atoms with van der Waals surface area (Å²) in [6.07, 6.45) is 4.44. The molecule has 1 fully saturated rings. The van der Waals surface area contributed by atoms with E-state index in [1.54, 1.807) is 31.2 Å². The molecule has 0 aliphatic heterocycles. The van der Waals surface area contributed by atoms with Gasteiger partial charge >= 0.3 is 29.6 Å². The number of allylic oxidation sites excluding steroid dienone is 1. The van der Waals surface area contributed by atoms with Gasteiger partial charge in [-0.15, -0.1) is 0 Å². The molecular formula is C24H23N2NaO4S. The van der Waals surface area contributed by atoms with Crippen LogP contribution in [0.5, 0.6) is 5.75 Å². The van der Waals surface area contributed by atoms with E-state index in [2.05, 4.69) is 8.75 Å². The molecular weight excluding hydrogens is 435 g/mol. The van der Waals surface area contributed by atoms with Crippen molar-refractivity contribution in [2.24, 2.45) is 5.92 Å². The zero-order valence-corrected chi connectivity index (χ0v) is 21.3. The number of benzene rings is 2. The summed E-state index contributed by atoms with van der Waals surface area (Å²) in [4.78, 5) is 25.9. The van der Waals surface area contributed by atoms with Crippen LogP contribution in [0.2, 0.25) is 0 Å². The third kappa shape index (κ3) is 4.96. The van der Waals surface area contributed by atoms with E-state index in [0.29, 0.717) is 28.6 Å². The number of aliphatic carboxylic acids is 1. The van der Waals surface area contributed by atoms with Crippen LogP contribution in [0.25, 0.3) is 16.6 Å². The largest absolute Gasteiger partial charge is 1.00 e. The Hall–Kier alpha value is -2.06. The minimum atomic E-state index is -1.39. The number of carboxylic acids is 1. The second-order valence-corrected chi connectivity index (χ2v) is 8.76. The van der Waals surface area contributed by atoms with E-state index >= 15 is 0 Å². The molecule has 4 rings (SSSR count). The van der Waals surface area contributed by atoms with Crippen molar-refractivity contribution in [3.8, 4) is 5.75 Å². The van der Waals surface area contributed by atoms with Crippen molar-refractivity contribution in [3.63, 3.8) is 0 Å². The van der Waals surface area contributed by atoms with Crippen molar-refractivity contribution >= 4 is 40.1 Å². The molecule has 32 heavy (non-hydrogen) atoms. The van der Waals surface area contributed by atoms with E-state index in [1.165, 1.54) is 6.07 Å². The molecule has 8 heteroatoms. The molecule has 0 amide bonds. The average molecular weight is 459 g/mol. The van der Waals surface area contributed by atoms with E-state index in [9.17, 15) is 19.8 Å². The number of aryl methyl sites for hydroxylation is 1. The molecule has 0 radical (unpaired) electrons. The van der Waals surface area contributed by atoms with Gasteiger partial charge in [-0.2, -0.15) is 8.75 Å². The van der Waals surface area contributed by atoms with Gasteiger partial charge in [-0.3, -0.25) is 4.79 Å². The molecule has 1 saturated carbocycles. The Bertz CT molecular complexity index is 1190. The Balaban J connectivity index is 0.00000289. The number of ketones is 1. The van der Waals surface area contributed by atoms with E-state index in [1.807, 2.05) is 6.92 Å². The molecule has 3 aromatic rings. The maximum atomic E-state index is 13.6. The van der Waals surface area contributed by atoms with Gasteiger partial charge in [0.25, 0.3) is 0 Å². The first-order chi connectivity index (χ1) is 14.8. The maximum Gasteiger partial charge on any atom is 1.00 e. The summed E-state index contributed by atoms with van der Waals surface area (Å²) in [6.45, 7) is 3.59. The van der Waals surface area contributed by atoms with Gasteiger partial charge in [0.05, 0.1) is 17.7 Å². The number of aromatic nitrogens is 2. The number of carbonyl (C=O) groups is 2. The Labute approximate surface area is 213 Å². The van der Waals surface area contributed by atoms with Gasteiger partial charge in [-0.25, -0.2) is 0 Å². The number of nitrogens with zero attached hydrogens (tertiary/aromatic N) is 2. The summed E-state index contributed by atoms with van der Waals surface area (Å²) in [5.74, 6) is -1.51. The van der Waals surface area contributed by atoms with Gasteiger partial charge in [0, 0.05) is 16.7 Å². The molecule has 0 spiro atoms. The van der Waals surface area contributed by atoms with Crippen molar-refractivity contribution in [1.29, 1.82) is 0 Å². The fourth-order valence-electron chi connectivity index (χ4n) is 4.31. The minimum Gasteiger partial charge on any atom is -0.545 e. The average Bonchev–Trinajstić information content (AvgIpc) is 3.41. The standard InChI is InChI=1S/C24H24N2O4S.Na/c1-13-9-17(12-21(27)14(13)2)23(28)18(10-15-5-3-4-6-15)22(24(29)30)16-7-8-19-20(11-16)26-31-25-19;/h7-9,11-12,15,27H,3-6,10H2,1-2H3,(H,29,30);/q;+1/p-1. The van der Waals surface area contributed by atoms with Crippen LogP contribution in [0.1, 0.15) is 59.2 Å². The van der Waals surface area contributed by atoms with E-state index in [0.717, 1.165) is 43.0 Å². The summed E-state index contributed by atoms with van der Waals surface area (Å²) >= 11 is 1.05. The predicted octanol–water partition coefficient (Wildman–Crippen LogP) is 0.984. The number of Topliss-reactive ketones (excluding diaryl/α,β-unsaturated/α-hetero) is 1. The molecule has 0 bridgehead atoms. The molecule has 2 aromatic carbocycles. The van der Waals surface area contributed by atoms with Crippen LogP contribution in [0.4, 0.5) is 0 Å². The van der Waals surface area contributed by atoms with Gasteiger partial charge < -0.3 is 15.0 Å². The molecule has 1 aromatic heterocycles. The van der Waals surface area contributed by atoms with E-state index in [4.69, 9.17) is 0 Å². The zero-order valence-electron chi connectivity index (χ0n) is 18.5.